The first-order valence-electron chi connectivity index (χ1n) is 16.8. The highest BCUT2D eigenvalue weighted by atomic mass is 16.3. The maximum absolute atomic E-state index is 6.84. The highest BCUT2D eigenvalue weighted by Gasteiger charge is 2.56. The zero-order valence-corrected chi connectivity index (χ0v) is 26.9. The summed E-state index contributed by atoms with van der Waals surface area (Å²) in [6, 6.07) is 44.0. The van der Waals surface area contributed by atoms with Gasteiger partial charge in [-0.2, -0.15) is 0 Å². The van der Waals surface area contributed by atoms with Crippen LogP contribution in [0.5, 0.6) is 0 Å². The van der Waals surface area contributed by atoms with Gasteiger partial charge in [0.15, 0.2) is 0 Å². The second kappa shape index (κ2) is 10.6. The summed E-state index contributed by atoms with van der Waals surface area (Å²) in [5.74, 6) is 0.452. The first-order chi connectivity index (χ1) is 23.1. The lowest BCUT2D eigenvalue weighted by Gasteiger charge is -2.50. The molecule has 9 rings (SSSR count). The molecule has 3 aliphatic carbocycles. The number of furan rings is 1. The number of rotatable bonds is 5. The predicted molar refractivity (Wildman–Crippen MR) is 196 cm³/mol. The number of nitrogens with zero attached hydrogens (tertiary/aromatic N) is 1. The minimum Gasteiger partial charge on any atom is -0.456 e. The summed E-state index contributed by atoms with van der Waals surface area (Å²) in [6.45, 7) is 4.82. The van der Waals surface area contributed by atoms with Gasteiger partial charge in [0, 0.05) is 22.2 Å². The van der Waals surface area contributed by atoms with Crippen LogP contribution in [0.2, 0.25) is 0 Å². The smallest absolute Gasteiger partial charge is 0.137 e. The molecule has 3 atom stereocenters. The molecule has 2 heteroatoms. The lowest BCUT2D eigenvalue weighted by atomic mass is 9.52. The maximum atomic E-state index is 6.84. The van der Waals surface area contributed by atoms with Crippen molar-refractivity contribution < 1.29 is 4.42 Å². The predicted octanol–water partition coefficient (Wildman–Crippen LogP) is 12.2. The maximum Gasteiger partial charge on any atom is 0.137 e. The van der Waals surface area contributed by atoms with E-state index in [1.807, 2.05) is 0 Å². The van der Waals surface area contributed by atoms with E-state index in [4.69, 9.17) is 4.42 Å². The molecule has 1 aromatic heterocycles. The third-order valence-electron chi connectivity index (χ3n) is 10.8. The van der Waals surface area contributed by atoms with Gasteiger partial charge in [-0.3, -0.25) is 0 Å². The third-order valence-corrected chi connectivity index (χ3v) is 10.8. The molecule has 0 fully saturated rings. The van der Waals surface area contributed by atoms with Crippen molar-refractivity contribution in [1.82, 2.24) is 0 Å². The number of anilines is 3. The fourth-order valence-electron chi connectivity index (χ4n) is 8.80. The van der Waals surface area contributed by atoms with Crippen molar-refractivity contribution in [3.63, 3.8) is 0 Å². The Morgan fingerprint density at radius 1 is 0.745 bits per heavy atom. The van der Waals surface area contributed by atoms with Crippen LogP contribution < -0.4 is 4.90 Å². The van der Waals surface area contributed by atoms with Gasteiger partial charge in [0.1, 0.15) is 11.2 Å². The van der Waals surface area contributed by atoms with Crippen LogP contribution in [-0.2, 0) is 5.41 Å². The number of benzene rings is 5. The molecule has 3 unspecified atom stereocenters. The Balaban J connectivity index is 1.45. The summed E-state index contributed by atoms with van der Waals surface area (Å²) in [5.41, 5.74) is 11.5. The van der Waals surface area contributed by atoms with E-state index >= 15 is 0 Å². The molecule has 6 aromatic rings. The molecule has 1 heterocycles. The van der Waals surface area contributed by atoms with Crippen molar-refractivity contribution in [3.05, 3.63) is 180 Å². The van der Waals surface area contributed by atoms with Crippen LogP contribution >= 0.6 is 0 Å². The molecule has 3 aliphatic rings. The van der Waals surface area contributed by atoms with Crippen LogP contribution in [0.3, 0.4) is 0 Å². The Bertz CT molecular complexity index is 2250. The lowest BCUT2D eigenvalue weighted by Crippen LogP contribution is -2.45. The van der Waals surface area contributed by atoms with Crippen LogP contribution in [0.25, 0.3) is 27.5 Å². The van der Waals surface area contributed by atoms with Crippen LogP contribution in [0, 0.1) is 11.3 Å². The average Bonchev–Trinajstić information content (AvgIpc) is 3.63. The summed E-state index contributed by atoms with van der Waals surface area (Å²) >= 11 is 0. The summed E-state index contributed by atoms with van der Waals surface area (Å²) in [5, 5.41) is 2.26. The van der Waals surface area contributed by atoms with E-state index in [9.17, 15) is 0 Å². The van der Waals surface area contributed by atoms with Crippen LogP contribution in [0.4, 0.5) is 17.1 Å². The van der Waals surface area contributed by atoms with Gasteiger partial charge in [0.25, 0.3) is 0 Å². The molecule has 0 spiro atoms. The molecule has 0 radical (unpaired) electrons. The standard InChI is InChI=1S/C45H37NO/c1-31-24-25-36-35-20-10-12-22-38(35)45(39(36)28-31,44(2)26-14-5-15-27-44)32-29-40(43-37-21-11-13-23-41(37)47-42(43)30-32)46(33-16-6-3-7-17-33)34-18-8-4-9-19-34/h3-26,29-31H,27-28H2,1-2H3. The van der Waals surface area contributed by atoms with Crippen molar-refractivity contribution >= 4 is 44.6 Å². The van der Waals surface area contributed by atoms with Crippen molar-refractivity contribution in [2.24, 2.45) is 11.3 Å². The normalized spacial score (nSPS) is 23.0. The zero-order chi connectivity index (χ0) is 31.6. The Kier molecular flexibility index (Phi) is 6.30. The third kappa shape index (κ3) is 4.04. The van der Waals surface area contributed by atoms with Crippen molar-refractivity contribution in [3.8, 4) is 0 Å². The van der Waals surface area contributed by atoms with Gasteiger partial charge in [-0.05, 0) is 89.1 Å². The van der Waals surface area contributed by atoms with Gasteiger partial charge in [-0.15, -0.1) is 0 Å². The number of fused-ring (bicyclic) bond motifs is 5. The van der Waals surface area contributed by atoms with E-state index in [1.54, 1.807) is 0 Å². The van der Waals surface area contributed by atoms with E-state index in [2.05, 4.69) is 177 Å². The zero-order valence-electron chi connectivity index (χ0n) is 26.9. The molecule has 0 aliphatic heterocycles. The van der Waals surface area contributed by atoms with Crippen molar-refractivity contribution in [1.29, 1.82) is 0 Å². The summed E-state index contributed by atoms with van der Waals surface area (Å²) in [6.07, 6.45) is 16.0. The quantitative estimate of drug-likeness (QED) is 0.194. The molecule has 0 N–H and O–H groups in total. The highest BCUT2D eigenvalue weighted by molar-refractivity contribution is 6.14. The van der Waals surface area contributed by atoms with Gasteiger partial charge < -0.3 is 9.32 Å². The number of allylic oxidation sites excluding steroid dienone is 8. The number of para-hydroxylation sites is 3. The van der Waals surface area contributed by atoms with E-state index in [0.29, 0.717) is 5.92 Å². The molecule has 228 valence electrons. The van der Waals surface area contributed by atoms with E-state index in [1.165, 1.54) is 27.8 Å². The monoisotopic (exact) mass is 607 g/mol. The SMILES string of the molecule is CC1C=CC2=C(C1)C(c1cc(N(c3ccccc3)c3ccccc3)c3c(c1)oc1ccccc13)(C1(C)C=CC=CC1)c1ccccc12. The molecule has 0 saturated heterocycles. The molecular weight excluding hydrogens is 571 g/mol. The second-order valence-corrected chi connectivity index (χ2v) is 13.6. The van der Waals surface area contributed by atoms with Gasteiger partial charge >= 0.3 is 0 Å². The van der Waals surface area contributed by atoms with E-state index < -0.39 is 5.41 Å². The Morgan fingerprint density at radius 2 is 1.45 bits per heavy atom. The van der Waals surface area contributed by atoms with Crippen molar-refractivity contribution in [2.45, 2.75) is 32.1 Å². The fourth-order valence-corrected chi connectivity index (χ4v) is 8.80. The lowest BCUT2D eigenvalue weighted by molar-refractivity contribution is 0.278. The largest absolute Gasteiger partial charge is 0.456 e. The van der Waals surface area contributed by atoms with Gasteiger partial charge in [-0.1, -0.05) is 129 Å². The first kappa shape index (κ1) is 27.9. The Morgan fingerprint density at radius 3 is 2.19 bits per heavy atom. The molecular formula is C45H37NO. The van der Waals surface area contributed by atoms with E-state index in [-0.39, 0.29) is 5.41 Å². The Hall–Kier alpha value is -5.34. The summed E-state index contributed by atoms with van der Waals surface area (Å²) < 4.78 is 6.84. The minimum absolute atomic E-state index is 0.207. The van der Waals surface area contributed by atoms with Gasteiger partial charge in [0.05, 0.1) is 16.5 Å². The summed E-state index contributed by atoms with van der Waals surface area (Å²) in [7, 11) is 0. The molecule has 5 aromatic carbocycles. The number of hydrogen-bond donors (Lipinski definition) is 0. The van der Waals surface area contributed by atoms with Crippen LogP contribution in [0.1, 0.15) is 43.4 Å². The molecule has 47 heavy (non-hydrogen) atoms. The molecule has 0 saturated carbocycles. The number of hydrogen-bond acceptors (Lipinski definition) is 2. The average molecular weight is 608 g/mol. The van der Waals surface area contributed by atoms with E-state index in [0.717, 1.165) is 51.8 Å². The van der Waals surface area contributed by atoms with Crippen LogP contribution in [0.15, 0.2) is 168 Å². The topological polar surface area (TPSA) is 16.4 Å². The van der Waals surface area contributed by atoms with Crippen LogP contribution in [-0.4, -0.2) is 0 Å². The highest BCUT2D eigenvalue weighted by Crippen LogP contribution is 2.65. The fraction of sp³-hybridized carbons (Fsp3) is 0.156. The second-order valence-electron chi connectivity index (χ2n) is 13.6. The van der Waals surface area contributed by atoms with Crippen molar-refractivity contribution in [2.75, 3.05) is 4.90 Å². The molecule has 2 nitrogen and oxygen atoms in total. The minimum atomic E-state index is -0.403. The van der Waals surface area contributed by atoms with Gasteiger partial charge in [0.2, 0.25) is 0 Å². The Labute approximate surface area is 276 Å². The molecule has 0 bridgehead atoms. The van der Waals surface area contributed by atoms with Gasteiger partial charge in [-0.25, -0.2) is 0 Å². The first-order valence-corrected chi connectivity index (χ1v) is 16.8. The summed E-state index contributed by atoms with van der Waals surface area (Å²) in [4.78, 5) is 2.42. The molecule has 0 amide bonds.